The molecular formula is C32H40N6O3. The number of hydrogen-bond donors (Lipinski definition) is 1. The van der Waals surface area contributed by atoms with Crippen LogP contribution in [0.3, 0.4) is 0 Å². The molecule has 4 aliphatic rings. The van der Waals surface area contributed by atoms with E-state index in [9.17, 15) is 14.4 Å². The summed E-state index contributed by atoms with van der Waals surface area (Å²) in [7, 11) is 0. The van der Waals surface area contributed by atoms with Crippen LogP contribution >= 0.6 is 0 Å². The normalized spacial score (nSPS) is 24.0. The molecule has 0 radical (unpaired) electrons. The molecule has 2 amide bonds. The molecule has 0 bridgehead atoms. The highest BCUT2D eigenvalue weighted by molar-refractivity contribution is 5.94. The Labute approximate surface area is 242 Å². The standard InChI is InChI=1S/C32H40N6O3/c1-23(39)25-11-13-26(14-12-25)35-19-21-36(22-20-35)30(40)16-15-29-33-34-32-37(18-17-24-7-3-2-4-8-24)31(41)27-9-5-6-10-28(27)38(29)32/h2-4,7-8,11-14,27-28,32,34H,5-6,9-10,15-22H2,1H3. The highest BCUT2D eigenvalue weighted by Crippen LogP contribution is 2.38. The first-order valence-electron chi connectivity index (χ1n) is 15.1. The summed E-state index contributed by atoms with van der Waals surface area (Å²) in [5.74, 6) is 1.35. The van der Waals surface area contributed by atoms with E-state index in [-0.39, 0.29) is 35.8 Å². The van der Waals surface area contributed by atoms with Gasteiger partial charge in [0, 0.05) is 62.9 Å². The summed E-state index contributed by atoms with van der Waals surface area (Å²) in [6.07, 6.45) is 5.63. The van der Waals surface area contributed by atoms with Gasteiger partial charge in [-0.15, -0.1) is 0 Å². The fourth-order valence-electron chi connectivity index (χ4n) is 6.86. The van der Waals surface area contributed by atoms with Crippen LogP contribution in [-0.2, 0) is 16.0 Å². The van der Waals surface area contributed by atoms with Gasteiger partial charge in [-0.1, -0.05) is 43.2 Å². The van der Waals surface area contributed by atoms with Crippen molar-refractivity contribution in [2.75, 3.05) is 37.6 Å². The van der Waals surface area contributed by atoms with Crippen molar-refractivity contribution in [2.24, 2.45) is 11.0 Å². The number of Topliss-reactive ketones (excluding diaryl/α,β-unsaturated/α-hetero) is 1. The van der Waals surface area contributed by atoms with Crippen LogP contribution in [0.2, 0.25) is 0 Å². The molecule has 9 nitrogen and oxygen atoms in total. The van der Waals surface area contributed by atoms with Crippen LogP contribution in [0.1, 0.15) is 61.4 Å². The Morgan fingerprint density at radius 3 is 2.39 bits per heavy atom. The summed E-state index contributed by atoms with van der Waals surface area (Å²) in [5.41, 5.74) is 6.28. The molecule has 3 unspecified atom stereocenters. The number of carbonyl (C=O) groups excluding carboxylic acids is 3. The number of ketones is 1. The Hall–Kier alpha value is -3.88. The molecule has 1 saturated carbocycles. The number of hydrogen-bond acceptors (Lipinski definition) is 7. The van der Waals surface area contributed by atoms with E-state index in [1.165, 1.54) is 5.56 Å². The van der Waals surface area contributed by atoms with Crippen molar-refractivity contribution in [3.8, 4) is 0 Å². The zero-order chi connectivity index (χ0) is 28.3. The Balaban J connectivity index is 1.06. The fourth-order valence-corrected chi connectivity index (χ4v) is 6.86. The molecule has 3 heterocycles. The number of nitrogens with zero attached hydrogens (tertiary/aromatic N) is 5. The summed E-state index contributed by atoms with van der Waals surface area (Å²) in [6, 6.07) is 18.2. The number of amidine groups is 1. The minimum atomic E-state index is -0.270. The minimum Gasteiger partial charge on any atom is -0.368 e. The van der Waals surface area contributed by atoms with Crippen molar-refractivity contribution in [2.45, 2.75) is 64.2 Å². The summed E-state index contributed by atoms with van der Waals surface area (Å²) in [4.78, 5) is 47.0. The highest BCUT2D eigenvalue weighted by atomic mass is 16.2. The van der Waals surface area contributed by atoms with Crippen molar-refractivity contribution in [1.29, 1.82) is 0 Å². The van der Waals surface area contributed by atoms with Crippen molar-refractivity contribution in [3.05, 3.63) is 65.7 Å². The molecule has 2 saturated heterocycles. The second-order valence-electron chi connectivity index (χ2n) is 11.6. The van der Waals surface area contributed by atoms with Crippen molar-refractivity contribution in [3.63, 3.8) is 0 Å². The number of benzene rings is 2. The number of anilines is 1. The third kappa shape index (κ3) is 5.67. The van der Waals surface area contributed by atoms with Gasteiger partial charge in [0.15, 0.2) is 12.1 Å². The molecule has 9 heteroatoms. The Morgan fingerprint density at radius 2 is 1.66 bits per heavy atom. The Kier molecular flexibility index (Phi) is 7.94. The van der Waals surface area contributed by atoms with Gasteiger partial charge in [0.1, 0.15) is 5.84 Å². The predicted molar refractivity (Wildman–Crippen MR) is 158 cm³/mol. The lowest BCUT2D eigenvalue weighted by Crippen LogP contribution is -2.67. The minimum absolute atomic E-state index is 0.00540. The molecular weight excluding hydrogens is 516 g/mol. The van der Waals surface area contributed by atoms with E-state index in [4.69, 9.17) is 5.10 Å². The summed E-state index contributed by atoms with van der Waals surface area (Å²) in [5, 5.41) is 4.69. The van der Waals surface area contributed by atoms with Gasteiger partial charge in [0.05, 0.1) is 5.92 Å². The molecule has 1 N–H and O–H groups in total. The highest BCUT2D eigenvalue weighted by Gasteiger charge is 2.50. The van der Waals surface area contributed by atoms with Crippen molar-refractivity contribution < 1.29 is 14.4 Å². The first-order valence-corrected chi connectivity index (χ1v) is 15.1. The monoisotopic (exact) mass is 556 g/mol. The van der Waals surface area contributed by atoms with E-state index in [1.54, 1.807) is 6.92 Å². The Morgan fingerprint density at radius 1 is 0.927 bits per heavy atom. The van der Waals surface area contributed by atoms with Crippen LogP contribution in [-0.4, -0.2) is 83.2 Å². The van der Waals surface area contributed by atoms with Gasteiger partial charge >= 0.3 is 0 Å². The molecule has 2 aromatic rings. The van der Waals surface area contributed by atoms with E-state index in [1.807, 2.05) is 52.3 Å². The van der Waals surface area contributed by atoms with Gasteiger partial charge < -0.3 is 19.6 Å². The maximum Gasteiger partial charge on any atom is 0.230 e. The third-order valence-electron chi connectivity index (χ3n) is 9.17. The van der Waals surface area contributed by atoms with Gasteiger partial charge in [-0.05, 0) is 56.0 Å². The maximum absolute atomic E-state index is 13.6. The van der Waals surface area contributed by atoms with Gasteiger partial charge in [0.2, 0.25) is 11.8 Å². The molecule has 1 aliphatic carbocycles. The molecule has 2 aromatic carbocycles. The van der Waals surface area contributed by atoms with Crippen molar-refractivity contribution >= 4 is 29.1 Å². The third-order valence-corrected chi connectivity index (χ3v) is 9.17. The molecule has 3 fully saturated rings. The van der Waals surface area contributed by atoms with Crippen LogP contribution in [0.25, 0.3) is 0 Å². The first kappa shape index (κ1) is 27.3. The van der Waals surface area contributed by atoms with E-state index in [0.29, 0.717) is 38.0 Å². The van der Waals surface area contributed by atoms with Crippen molar-refractivity contribution in [1.82, 2.24) is 20.1 Å². The molecule has 0 spiro atoms. The van der Waals surface area contributed by atoms with Gasteiger partial charge in [0.25, 0.3) is 0 Å². The van der Waals surface area contributed by atoms with Crippen LogP contribution < -0.4 is 10.3 Å². The predicted octanol–water partition coefficient (Wildman–Crippen LogP) is 3.46. The second kappa shape index (κ2) is 11.9. The van der Waals surface area contributed by atoms with Crippen LogP contribution in [0.4, 0.5) is 5.69 Å². The van der Waals surface area contributed by atoms with Crippen LogP contribution in [0, 0.1) is 5.92 Å². The number of nitrogens with one attached hydrogen (secondary N) is 1. The topological polar surface area (TPSA) is 88.6 Å². The van der Waals surface area contributed by atoms with E-state index < -0.39 is 0 Å². The summed E-state index contributed by atoms with van der Waals surface area (Å²) >= 11 is 0. The number of carbonyl (C=O) groups is 3. The lowest BCUT2D eigenvalue weighted by Gasteiger charge is -2.50. The Bertz CT molecular complexity index is 1290. The maximum atomic E-state index is 13.6. The number of fused-ring (bicyclic) bond motifs is 3. The average Bonchev–Trinajstić information content (AvgIpc) is 3.44. The van der Waals surface area contributed by atoms with E-state index in [0.717, 1.165) is 56.7 Å². The molecule has 216 valence electrons. The molecule has 0 aromatic heterocycles. The number of hydrazone groups is 1. The second-order valence-corrected chi connectivity index (χ2v) is 11.6. The lowest BCUT2D eigenvalue weighted by atomic mass is 9.80. The van der Waals surface area contributed by atoms with E-state index >= 15 is 0 Å². The molecule has 6 rings (SSSR count). The zero-order valence-corrected chi connectivity index (χ0v) is 23.9. The number of amides is 2. The van der Waals surface area contributed by atoms with Gasteiger partial charge in [-0.3, -0.25) is 19.8 Å². The summed E-state index contributed by atoms with van der Waals surface area (Å²) in [6.45, 7) is 5.11. The SMILES string of the molecule is CC(=O)c1ccc(N2CCN(C(=O)CCC3=NNC4N(CCc5ccccc5)C(=O)C5CCCCC5N34)CC2)cc1. The smallest absolute Gasteiger partial charge is 0.230 e. The number of rotatable bonds is 8. The molecule has 3 aliphatic heterocycles. The zero-order valence-electron chi connectivity index (χ0n) is 23.9. The lowest BCUT2D eigenvalue weighted by molar-refractivity contribution is -0.155. The number of piperazine rings is 1. The van der Waals surface area contributed by atoms with E-state index in [2.05, 4.69) is 27.4 Å². The quantitative estimate of drug-likeness (QED) is 0.501. The van der Waals surface area contributed by atoms with Gasteiger partial charge in [-0.2, -0.15) is 5.10 Å². The molecule has 3 atom stereocenters. The van der Waals surface area contributed by atoms with Crippen LogP contribution in [0.5, 0.6) is 0 Å². The fraction of sp³-hybridized carbons (Fsp3) is 0.500. The largest absolute Gasteiger partial charge is 0.368 e. The van der Waals surface area contributed by atoms with Crippen LogP contribution in [0.15, 0.2) is 59.7 Å². The molecule has 41 heavy (non-hydrogen) atoms. The summed E-state index contributed by atoms with van der Waals surface area (Å²) < 4.78 is 0. The first-order chi connectivity index (χ1) is 20.0. The average molecular weight is 557 g/mol. The van der Waals surface area contributed by atoms with Gasteiger partial charge in [-0.25, -0.2) is 0 Å².